The minimum Gasteiger partial charge on any atom is -0.262 e. The number of halogens is 2. The molecule has 2 aromatic rings. The highest BCUT2D eigenvalue weighted by Crippen LogP contribution is 2.27. The van der Waals surface area contributed by atoms with Crippen LogP contribution in [0.25, 0.3) is 11.5 Å². The van der Waals surface area contributed by atoms with Gasteiger partial charge >= 0.3 is 0 Å². The van der Waals surface area contributed by atoms with E-state index in [1.807, 2.05) is 17.7 Å². The second kappa shape index (κ2) is 5.80. The molecule has 0 N–H and O–H groups in total. The number of rotatable bonds is 4. The lowest BCUT2D eigenvalue weighted by Crippen LogP contribution is -2.04. The maximum absolute atomic E-state index is 6.14. The Balaban J connectivity index is 2.52. The van der Waals surface area contributed by atoms with Crippen molar-refractivity contribution < 1.29 is 0 Å². The van der Waals surface area contributed by atoms with Crippen LogP contribution in [-0.4, -0.2) is 19.7 Å². The molecule has 2 heterocycles. The van der Waals surface area contributed by atoms with Crippen LogP contribution in [0.3, 0.4) is 0 Å². The highest BCUT2D eigenvalue weighted by molar-refractivity contribution is 9.10. The van der Waals surface area contributed by atoms with Crippen molar-refractivity contribution in [2.24, 2.45) is 0 Å². The lowest BCUT2D eigenvalue weighted by molar-refractivity contribution is 0.663. The van der Waals surface area contributed by atoms with Crippen molar-refractivity contribution in [1.82, 2.24) is 19.7 Å². The van der Waals surface area contributed by atoms with Crippen LogP contribution in [-0.2, 0) is 13.0 Å². The Kier molecular flexibility index (Phi) is 4.35. The van der Waals surface area contributed by atoms with Gasteiger partial charge in [-0.3, -0.25) is 4.68 Å². The summed E-state index contributed by atoms with van der Waals surface area (Å²) in [5.74, 6) is 0.631. The molecule has 0 bridgehead atoms. The Morgan fingerprint density at radius 3 is 2.78 bits per heavy atom. The molecule has 0 radical (unpaired) electrons. The third-order valence-electron chi connectivity index (χ3n) is 2.61. The zero-order valence-electron chi connectivity index (χ0n) is 10.3. The minimum absolute atomic E-state index is 0.451. The quantitative estimate of drug-likeness (QED) is 0.803. The number of nitrogens with zero attached hydrogens (tertiary/aromatic N) is 4. The summed E-state index contributed by atoms with van der Waals surface area (Å²) in [7, 11) is 0. The van der Waals surface area contributed by atoms with Crippen LogP contribution < -0.4 is 0 Å². The van der Waals surface area contributed by atoms with Gasteiger partial charge in [-0.1, -0.05) is 24.9 Å². The van der Waals surface area contributed by atoms with Gasteiger partial charge in [0.15, 0.2) is 5.82 Å². The third kappa shape index (κ3) is 2.57. The van der Waals surface area contributed by atoms with Crippen molar-refractivity contribution in [2.45, 2.75) is 33.2 Å². The van der Waals surface area contributed by atoms with Crippen LogP contribution in [0.4, 0.5) is 0 Å². The predicted octanol–water partition coefficient (Wildman–Crippen LogP) is 3.73. The van der Waals surface area contributed by atoms with E-state index in [2.05, 4.69) is 37.9 Å². The second-order valence-electron chi connectivity index (χ2n) is 3.88. The number of aryl methyl sites for hydroxylation is 2. The molecule has 0 aliphatic rings. The first-order valence-corrected chi connectivity index (χ1v) is 7.08. The van der Waals surface area contributed by atoms with Gasteiger partial charge in [-0.25, -0.2) is 9.97 Å². The fraction of sp³-hybridized carbons (Fsp3) is 0.417. The Morgan fingerprint density at radius 2 is 2.11 bits per heavy atom. The molecule has 6 heteroatoms. The molecule has 18 heavy (non-hydrogen) atoms. The van der Waals surface area contributed by atoms with Gasteiger partial charge in [-0.05, 0) is 35.3 Å². The molecule has 4 nitrogen and oxygen atoms in total. The monoisotopic (exact) mass is 328 g/mol. The van der Waals surface area contributed by atoms with E-state index in [0.717, 1.165) is 35.2 Å². The molecule has 2 aromatic heterocycles. The van der Waals surface area contributed by atoms with Crippen molar-refractivity contribution in [3.63, 3.8) is 0 Å². The van der Waals surface area contributed by atoms with E-state index in [4.69, 9.17) is 11.6 Å². The molecule has 0 unspecified atom stereocenters. The van der Waals surface area contributed by atoms with Crippen molar-refractivity contribution in [3.8, 4) is 11.5 Å². The van der Waals surface area contributed by atoms with Gasteiger partial charge in [0.2, 0.25) is 0 Å². The van der Waals surface area contributed by atoms with E-state index < -0.39 is 0 Å². The summed E-state index contributed by atoms with van der Waals surface area (Å²) in [5.41, 5.74) is 1.83. The van der Waals surface area contributed by atoms with Gasteiger partial charge < -0.3 is 0 Å². The maximum atomic E-state index is 6.14. The highest BCUT2D eigenvalue weighted by atomic mass is 79.9. The molecule has 0 atom stereocenters. The van der Waals surface area contributed by atoms with E-state index in [-0.39, 0.29) is 0 Å². The SMILES string of the molecule is CCCc1nc(-c2ccnn2CC)nc(Cl)c1Br. The summed E-state index contributed by atoms with van der Waals surface area (Å²) in [6, 6.07) is 1.90. The molecule has 0 aliphatic heterocycles. The normalized spacial score (nSPS) is 10.9. The molecule has 2 rings (SSSR count). The van der Waals surface area contributed by atoms with Gasteiger partial charge in [0.1, 0.15) is 10.8 Å². The van der Waals surface area contributed by atoms with Gasteiger partial charge in [0, 0.05) is 12.7 Å². The first-order valence-electron chi connectivity index (χ1n) is 5.91. The number of hydrogen-bond acceptors (Lipinski definition) is 3. The minimum atomic E-state index is 0.451. The topological polar surface area (TPSA) is 43.6 Å². The lowest BCUT2D eigenvalue weighted by Gasteiger charge is -2.08. The van der Waals surface area contributed by atoms with Crippen LogP contribution in [0.2, 0.25) is 5.15 Å². The molecule has 0 fully saturated rings. The second-order valence-corrected chi connectivity index (χ2v) is 5.03. The first kappa shape index (κ1) is 13.5. The molecule has 0 aromatic carbocycles. The number of aromatic nitrogens is 4. The predicted molar refractivity (Wildman–Crippen MR) is 75.6 cm³/mol. The van der Waals surface area contributed by atoms with Crippen LogP contribution in [0, 0.1) is 0 Å². The standard InChI is InChI=1S/C12H14BrClN4/c1-3-5-8-10(13)11(14)17-12(16-8)9-6-7-15-18(9)4-2/h6-7H,3-5H2,1-2H3. The summed E-state index contributed by atoms with van der Waals surface area (Å²) >= 11 is 9.57. The summed E-state index contributed by atoms with van der Waals surface area (Å²) < 4.78 is 2.65. The van der Waals surface area contributed by atoms with E-state index in [1.54, 1.807) is 6.20 Å². The van der Waals surface area contributed by atoms with Gasteiger partial charge in [0.05, 0.1) is 10.2 Å². The smallest absolute Gasteiger partial charge is 0.179 e. The van der Waals surface area contributed by atoms with Gasteiger partial charge in [-0.2, -0.15) is 5.10 Å². The van der Waals surface area contributed by atoms with Gasteiger partial charge in [0.25, 0.3) is 0 Å². The van der Waals surface area contributed by atoms with Gasteiger partial charge in [-0.15, -0.1) is 0 Å². The summed E-state index contributed by atoms with van der Waals surface area (Å²) in [5, 5.41) is 4.67. The molecule has 0 saturated heterocycles. The zero-order chi connectivity index (χ0) is 13.1. The molecule has 0 amide bonds. The number of hydrogen-bond donors (Lipinski definition) is 0. The van der Waals surface area contributed by atoms with Crippen LogP contribution in [0.1, 0.15) is 26.0 Å². The van der Waals surface area contributed by atoms with Crippen LogP contribution in [0.15, 0.2) is 16.7 Å². The Labute approximate surface area is 120 Å². The van der Waals surface area contributed by atoms with E-state index in [9.17, 15) is 0 Å². The van der Waals surface area contributed by atoms with Crippen molar-refractivity contribution in [1.29, 1.82) is 0 Å². The Bertz CT molecular complexity index is 553. The van der Waals surface area contributed by atoms with Crippen molar-refractivity contribution in [3.05, 3.63) is 27.6 Å². The molecule has 0 spiro atoms. The molecule has 0 saturated carbocycles. The summed E-state index contributed by atoms with van der Waals surface area (Å²) in [4.78, 5) is 8.88. The molecule has 96 valence electrons. The molecular formula is C12H14BrClN4. The van der Waals surface area contributed by atoms with Crippen LogP contribution in [0.5, 0.6) is 0 Å². The van der Waals surface area contributed by atoms with Crippen LogP contribution >= 0.6 is 27.5 Å². The first-order chi connectivity index (χ1) is 8.67. The average molecular weight is 330 g/mol. The highest BCUT2D eigenvalue weighted by Gasteiger charge is 2.14. The van der Waals surface area contributed by atoms with E-state index in [1.165, 1.54) is 0 Å². The van der Waals surface area contributed by atoms with E-state index in [0.29, 0.717) is 11.0 Å². The Morgan fingerprint density at radius 1 is 1.33 bits per heavy atom. The largest absolute Gasteiger partial charge is 0.262 e. The molecule has 0 aliphatic carbocycles. The maximum Gasteiger partial charge on any atom is 0.179 e. The fourth-order valence-corrected chi connectivity index (χ4v) is 2.32. The average Bonchev–Trinajstić information content (AvgIpc) is 2.83. The zero-order valence-corrected chi connectivity index (χ0v) is 12.7. The fourth-order valence-electron chi connectivity index (χ4n) is 1.75. The molecular weight excluding hydrogens is 316 g/mol. The van der Waals surface area contributed by atoms with Crippen molar-refractivity contribution in [2.75, 3.05) is 0 Å². The van der Waals surface area contributed by atoms with Crippen molar-refractivity contribution >= 4 is 27.5 Å². The van der Waals surface area contributed by atoms with E-state index >= 15 is 0 Å². The lowest BCUT2D eigenvalue weighted by atomic mass is 10.2. The Hall–Kier alpha value is -0.940. The summed E-state index contributed by atoms with van der Waals surface area (Å²) in [6.45, 7) is 4.92. The third-order valence-corrected chi connectivity index (χ3v) is 3.95. The summed E-state index contributed by atoms with van der Waals surface area (Å²) in [6.07, 6.45) is 3.63.